The number of nitrogens with zero attached hydrogens (tertiary/aromatic N) is 2. The SMILES string of the molecule is C[C@@H](c1ccc(S(N)(=O)=O)cc1)N(C)C(=O)c1cnc(C(C)(C)C)s1. The Labute approximate surface area is 152 Å². The number of amides is 1. The number of hydrogen-bond acceptors (Lipinski definition) is 5. The van der Waals surface area contributed by atoms with Gasteiger partial charge in [0.2, 0.25) is 10.0 Å². The van der Waals surface area contributed by atoms with Gasteiger partial charge in [0.1, 0.15) is 4.88 Å². The standard InChI is InChI=1S/C17H23N3O3S2/c1-11(12-6-8-13(9-7-12)25(18,22)23)20(5)15(21)14-10-19-16(24-14)17(2,3)4/h6-11H,1-5H3,(H2,18,22,23)/t11-/m0/s1. The average molecular weight is 382 g/mol. The summed E-state index contributed by atoms with van der Waals surface area (Å²) in [5, 5.41) is 6.02. The van der Waals surface area contributed by atoms with Crippen LogP contribution >= 0.6 is 11.3 Å². The molecule has 0 aliphatic carbocycles. The van der Waals surface area contributed by atoms with E-state index in [0.29, 0.717) is 4.88 Å². The van der Waals surface area contributed by atoms with E-state index < -0.39 is 10.0 Å². The average Bonchev–Trinajstić information content (AvgIpc) is 3.02. The van der Waals surface area contributed by atoms with Gasteiger partial charge in [-0.3, -0.25) is 4.79 Å². The summed E-state index contributed by atoms with van der Waals surface area (Å²) in [4.78, 5) is 19.3. The molecule has 0 aliphatic heterocycles. The molecule has 0 radical (unpaired) electrons. The van der Waals surface area contributed by atoms with Crippen molar-refractivity contribution >= 4 is 27.3 Å². The van der Waals surface area contributed by atoms with Crippen molar-refractivity contribution < 1.29 is 13.2 Å². The summed E-state index contributed by atoms with van der Waals surface area (Å²) in [5.41, 5.74) is 0.723. The molecule has 2 N–H and O–H groups in total. The largest absolute Gasteiger partial charge is 0.334 e. The van der Waals surface area contributed by atoms with Crippen LogP contribution in [0.4, 0.5) is 0 Å². The van der Waals surface area contributed by atoms with E-state index in [2.05, 4.69) is 25.8 Å². The molecular formula is C17H23N3O3S2. The predicted octanol–water partition coefficient (Wildman–Crippen LogP) is 2.92. The zero-order chi connectivity index (χ0) is 19.0. The van der Waals surface area contributed by atoms with E-state index in [9.17, 15) is 13.2 Å². The minimum Gasteiger partial charge on any atom is -0.334 e. The maximum atomic E-state index is 12.7. The number of sulfonamides is 1. The molecule has 8 heteroatoms. The van der Waals surface area contributed by atoms with Gasteiger partial charge in [0.15, 0.2) is 0 Å². The quantitative estimate of drug-likeness (QED) is 0.881. The second-order valence-corrected chi connectivity index (χ2v) is 9.58. The lowest BCUT2D eigenvalue weighted by Crippen LogP contribution is -2.29. The number of carbonyl (C=O) groups excluding carboxylic acids is 1. The van der Waals surface area contributed by atoms with Crippen molar-refractivity contribution in [1.82, 2.24) is 9.88 Å². The molecule has 0 aliphatic rings. The number of thiazole rings is 1. The lowest BCUT2D eigenvalue weighted by molar-refractivity contribution is 0.0747. The van der Waals surface area contributed by atoms with E-state index in [1.807, 2.05) is 6.92 Å². The van der Waals surface area contributed by atoms with Crippen molar-refractivity contribution in [3.63, 3.8) is 0 Å². The summed E-state index contributed by atoms with van der Waals surface area (Å²) in [6.45, 7) is 8.05. The van der Waals surface area contributed by atoms with Gasteiger partial charge in [-0.05, 0) is 24.6 Å². The number of hydrogen-bond donors (Lipinski definition) is 1. The van der Waals surface area contributed by atoms with Crippen LogP contribution in [0.5, 0.6) is 0 Å². The van der Waals surface area contributed by atoms with Gasteiger partial charge in [-0.15, -0.1) is 11.3 Å². The van der Waals surface area contributed by atoms with Crippen molar-refractivity contribution in [2.45, 2.75) is 44.0 Å². The van der Waals surface area contributed by atoms with Gasteiger partial charge in [0, 0.05) is 12.5 Å². The molecule has 0 bridgehead atoms. The summed E-state index contributed by atoms with van der Waals surface area (Å²) in [6, 6.07) is 6.01. The first-order chi connectivity index (χ1) is 11.4. The lowest BCUT2D eigenvalue weighted by Gasteiger charge is -2.25. The van der Waals surface area contributed by atoms with Crippen LogP contribution < -0.4 is 5.14 Å². The van der Waals surface area contributed by atoms with E-state index in [-0.39, 0.29) is 22.3 Å². The van der Waals surface area contributed by atoms with Crippen molar-refractivity contribution in [1.29, 1.82) is 0 Å². The first-order valence-corrected chi connectivity index (χ1v) is 10.1. The van der Waals surface area contributed by atoms with Crippen molar-refractivity contribution in [3.05, 3.63) is 45.9 Å². The summed E-state index contributed by atoms with van der Waals surface area (Å²) < 4.78 is 22.7. The molecule has 0 unspecified atom stereocenters. The minimum atomic E-state index is -3.72. The summed E-state index contributed by atoms with van der Waals surface area (Å²) in [7, 11) is -2.00. The van der Waals surface area contributed by atoms with E-state index in [4.69, 9.17) is 5.14 Å². The van der Waals surface area contributed by atoms with E-state index >= 15 is 0 Å². The lowest BCUT2D eigenvalue weighted by atomic mass is 9.98. The van der Waals surface area contributed by atoms with E-state index in [1.54, 1.807) is 30.3 Å². The van der Waals surface area contributed by atoms with Gasteiger partial charge in [-0.25, -0.2) is 18.5 Å². The highest BCUT2D eigenvalue weighted by Gasteiger charge is 2.24. The molecule has 1 atom stereocenters. The number of nitrogens with two attached hydrogens (primary N) is 1. The summed E-state index contributed by atoms with van der Waals surface area (Å²) >= 11 is 1.40. The van der Waals surface area contributed by atoms with Crippen LogP contribution in [0.25, 0.3) is 0 Å². The highest BCUT2D eigenvalue weighted by Crippen LogP contribution is 2.29. The Hall–Kier alpha value is -1.77. The molecule has 136 valence electrons. The van der Waals surface area contributed by atoms with Crippen LogP contribution in [-0.2, 0) is 15.4 Å². The molecule has 0 spiro atoms. The van der Waals surface area contributed by atoms with Crippen molar-refractivity contribution in [2.24, 2.45) is 5.14 Å². The smallest absolute Gasteiger partial charge is 0.265 e. The topological polar surface area (TPSA) is 93.4 Å². The minimum absolute atomic E-state index is 0.0507. The molecular weight excluding hydrogens is 358 g/mol. The Balaban J connectivity index is 2.20. The molecule has 6 nitrogen and oxygen atoms in total. The zero-order valence-corrected chi connectivity index (χ0v) is 16.6. The molecule has 2 aromatic rings. The number of carbonyl (C=O) groups is 1. The Bertz CT molecular complexity index is 865. The van der Waals surface area contributed by atoms with E-state index in [1.165, 1.54) is 23.5 Å². The maximum absolute atomic E-state index is 12.7. The van der Waals surface area contributed by atoms with Gasteiger partial charge in [-0.1, -0.05) is 32.9 Å². The van der Waals surface area contributed by atoms with Crippen molar-refractivity contribution in [3.8, 4) is 0 Å². The fourth-order valence-corrected chi connectivity index (χ4v) is 3.70. The Morgan fingerprint density at radius 1 is 1.24 bits per heavy atom. The molecule has 0 saturated carbocycles. The van der Waals surface area contributed by atoms with Crippen LogP contribution in [0.3, 0.4) is 0 Å². The highest BCUT2D eigenvalue weighted by molar-refractivity contribution is 7.89. The van der Waals surface area contributed by atoms with Gasteiger partial charge < -0.3 is 4.90 Å². The third-order valence-corrected chi connectivity index (χ3v) is 6.29. The van der Waals surface area contributed by atoms with Gasteiger partial charge >= 0.3 is 0 Å². The van der Waals surface area contributed by atoms with Gasteiger partial charge in [0.25, 0.3) is 5.91 Å². The second-order valence-electron chi connectivity index (χ2n) is 6.99. The van der Waals surface area contributed by atoms with Gasteiger partial charge in [0.05, 0.1) is 22.1 Å². The molecule has 0 saturated heterocycles. The molecule has 2 rings (SSSR count). The molecule has 1 amide bonds. The highest BCUT2D eigenvalue weighted by atomic mass is 32.2. The molecule has 1 aromatic heterocycles. The fraction of sp³-hybridized carbons (Fsp3) is 0.412. The monoisotopic (exact) mass is 381 g/mol. The van der Waals surface area contributed by atoms with Crippen LogP contribution in [0, 0.1) is 0 Å². The fourth-order valence-electron chi connectivity index (χ4n) is 2.23. The zero-order valence-electron chi connectivity index (χ0n) is 15.0. The maximum Gasteiger partial charge on any atom is 0.265 e. The second kappa shape index (κ2) is 6.86. The van der Waals surface area contributed by atoms with Crippen LogP contribution in [0.1, 0.15) is 54.0 Å². The summed E-state index contributed by atoms with van der Waals surface area (Å²) in [6.07, 6.45) is 1.61. The number of benzene rings is 1. The number of rotatable bonds is 4. The van der Waals surface area contributed by atoms with Crippen molar-refractivity contribution in [2.75, 3.05) is 7.05 Å². The first-order valence-electron chi connectivity index (χ1n) is 7.77. The molecule has 1 aromatic carbocycles. The van der Waals surface area contributed by atoms with Crippen LogP contribution in [0.2, 0.25) is 0 Å². The Morgan fingerprint density at radius 2 is 1.80 bits per heavy atom. The molecule has 0 fully saturated rings. The summed E-state index contributed by atoms with van der Waals surface area (Å²) in [5.74, 6) is -0.115. The first kappa shape index (κ1) is 19.6. The molecule has 25 heavy (non-hydrogen) atoms. The predicted molar refractivity (Wildman–Crippen MR) is 99.1 cm³/mol. The van der Waals surface area contributed by atoms with Crippen LogP contribution in [0.15, 0.2) is 35.4 Å². The Kier molecular flexibility index (Phi) is 5.36. The molecule has 1 heterocycles. The third kappa shape index (κ3) is 4.45. The normalized spacial score (nSPS) is 13.5. The number of aromatic nitrogens is 1. The third-order valence-electron chi connectivity index (χ3n) is 3.95. The van der Waals surface area contributed by atoms with Crippen LogP contribution in [-0.4, -0.2) is 31.3 Å². The number of primary sulfonamides is 1. The van der Waals surface area contributed by atoms with E-state index in [0.717, 1.165) is 10.6 Å². The van der Waals surface area contributed by atoms with Gasteiger partial charge in [-0.2, -0.15) is 0 Å². The Morgan fingerprint density at radius 3 is 2.24 bits per heavy atom.